The van der Waals surface area contributed by atoms with Gasteiger partial charge in [0.25, 0.3) is 0 Å². The predicted octanol–water partition coefficient (Wildman–Crippen LogP) is 1.09. The molecule has 0 bridgehead atoms. The summed E-state index contributed by atoms with van der Waals surface area (Å²) in [5, 5.41) is 14.7. The molecule has 1 saturated carbocycles. The van der Waals surface area contributed by atoms with Gasteiger partial charge in [0, 0.05) is 18.2 Å². The zero-order valence-corrected chi connectivity index (χ0v) is 12.6. The Balaban J connectivity index is 1.95. The minimum atomic E-state index is -3.31. The second kappa shape index (κ2) is 6.91. The normalized spacial score (nSPS) is 17.2. The van der Waals surface area contributed by atoms with Gasteiger partial charge in [-0.1, -0.05) is 18.0 Å². The van der Waals surface area contributed by atoms with E-state index in [4.69, 9.17) is 10.9 Å². The van der Waals surface area contributed by atoms with Gasteiger partial charge in [-0.3, -0.25) is 0 Å². The Hall–Kier alpha value is -1.60. The molecule has 1 fully saturated rings. The highest BCUT2D eigenvalue weighted by Gasteiger charge is 2.17. The zero-order valence-electron chi connectivity index (χ0n) is 11.8. The molecule has 0 atom stereocenters. The first-order valence-corrected chi connectivity index (χ1v) is 8.72. The lowest BCUT2D eigenvalue weighted by atomic mass is 10.2. The average molecular weight is 311 g/mol. The number of benzene rings is 1. The fourth-order valence-electron chi connectivity index (χ4n) is 2.54. The third-order valence-corrected chi connectivity index (χ3v) is 5.51. The van der Waals surface area contributed by atoms with Crippen molar-refractivity contribution in [2.24, 2.45) is 10.9 Å². The van der Waals surface area contributed by atoms with Gasteiger partial charge in [-0.25, -0.2) is 8.42 Å². The Labute approximate surface area is 125 Å². The molecule has 1 aromatic carbocycles. The molecule has 0 heterocycles. The smallest absolute Gasteiger partial charge is 0.179 e. The summed E-state index contributed by atoms with van der Waals surface area (Å²) in [5.41, 5.74) is 5.93. The molecule has 1 aliphatic carbocycles. The lowest BCUT2D eigenvalue weighted by Gasteiger charge is -2.12. The van der Waals surface area contributed by atoms with Crippen LogP contribution in [0.15, 0.2) is 34.3 Å². The lowest BCUT2D eigenvalue weighted by molar-refractivity contribution is 0.318. The molecule has 0 radical (unpaired) electrons. The molecule has 1 aromatic rings. The van der Waals surface area contributed by atoms with Crippen molar-refractivity contribution in [3.63, 3.8) is 0 Å². The highest BCUT2D eigenvalue weighted by molar-refractivity contribution is 7.91. The highest BCUT2D eigenvalue weighted by Crippen LogP contribution is 2.18. The number of oxime groups is 1. The van der Waals surface area contributed by atoms with E-state index in [2.05, 4.69) is 10.5 Å². The number of rotatable bonds is 6. The first-order valence-electron chi connectivity index (χ1n) is 7.07. The molecule has 0 aromatic heterocycles. The van der Waals surface area contributed by atoms with Crippen molar-refractivity contribution in [1.82, 2.24) is 5.32 Å². The maximum atomic E-state index is 12.2. The molecule has 0 amide bonds. The SMILES string of the molecule is N/C(=N/O)c1ccc(S(=O)(=O)CCNC2CCCC2)cc1. The fourth-order valence-corrected chi connectivity index (χ4v) is 3.71. The van der Waals surface area contributed by atoms with E-state index in [0.29, 0.717) is 18.2 Å². The summed E-state index contributed by atoms with van der Waals surface area (Å²) in [6.45, 7) is 0.467. The number of nitrogens with zero attached hydrogens (tertiary/aromatic N) is 1. The maximum Gasteiger partial charge on any atom is 0.179 e. The van der Waals surface area contributed by atoms with Crippen LogP contribution in [0, 0.1) is 0 Å². The maximum absolute atomic E-state index is 12.2. The van der Waals surface area contributed by atoms with Crippen molar-refractivity contribution >= 4 is 15.7 Å². The van der Waals surface area contributed by atoms with Crippen LogP contribution >= 0.6 is 0 Å². The standard InChI is InChI=1S/C14H21N3O3S/c15-14(17-18)11-5-7-13(8-6-11)21(19,20)10-9-16-12-3-1-2-4-12/h5-8,12,16,18H,1-4,9-10H2,(H2,15,17). The van der Waals surface area contributed by atoms with Crippen LogP contribution in [0.2, 0.25) is 0 Å². The number of nitrogens with two attached hydrogens (primary N) is 1. The molecule has 0 aliphatic heterocycles. The topological polar surface area (TPSA) is 105 Å². The van der Waals surface area contributed by atoms with Gasteiger partial charge < -0.3 is 16.3 Å². The van der Waals surface area contributed by atoms with Gasteiger partial charge in [-0.2, -0.15) is 0 Å². The van der Waals surface area contributed by atoms with E-state index in [1.165, 1.54) is 37.1 Å². The summed E-state index contributed by atoms with van der Waals surface area (Å²) in [4.78, 5) is 0.255. The second-order valence-electron chi connectivity index (χ2n) is 5.26. The van der Waals surface area contributed by atoms with Crippen LogP contribution in [-0.4, -0.2) is 37.8 Å². The van der Waals surface area contributed by atoms with E-state index in [-0.39, 0.29) is 16.5 Å². The average Bonchev–Trinajstić information content (AvgIpc) is 2.99. The Kier molecular flexibility index (Phi) is 5.19. The monoisotopic (exact) mass is 311 g/mol. The Morgan fingerprint density at radius 1 is 1.29 bits per heavy atom. The quantitative estimate of drug-likeness (QED) is 0.316. The minimum absolute atomic E-state index is 0.0400. The van der Waals surface area contributed by atoms with Crippen molar-refractivity contribution in [3.8, 4) is 0 Å². The fraction of sp³-hybridized carbons (Fsp3) is 0.500. The van der Waals surface area contributed by atoms with Gasteiger partial charge in [0.1, 0.15) is 0 Å². The predicted molar refractivity (Wildman–Crippen MR) is 81.3 cm³/mol. The van der Waals surface area contributed by atoms with Crippen LogP contribution < -0.4 is 11.1 Å². The summed E-state index contributed by atoms with van der Waals surface area (Å²) < 4.78 is 24.4. The van der Waals surface area contributed by atoms with E-state index in [1.54, 1.807) is 0 Å². The lowest BCUT2D eigenvalue weighted by Crippen LogP contribution is -2.31. The van der Waals surface area contributed by atoms with Crippen molar-refractivity contribution in [1.29, 1.82) is 0 Å². The molecule has 1 aliphatic rings. The van der Waals surface area contributed by atoms with E-state index < -0.39 is 9.84 Å². The van der Waals surface area contributed by atoms with E-state index in [1.807, 2.05) is 0 Å². The van der Waals surface area contributed by atoms with Crippen molar-refractivity contribution in [3.05, 3.63) is 29.8 Å². The molecule has 0 saturated heterocycles. The minimum Gasteiger partial charge on any atom is -0.409 e. The van der Waals surface area contributed by atoms with E-state index in [0.717, 1.165) is 12.8 Å². The number of amidine groups is 1. The van der Waals surface area contributed by atoms with Gasteiger partial charge in [-0.05, 0) is 37.1 Å². The van der Waals surface area contributed by atoms with Gasteiger partial charge in [0.15, 0.2) is 15.7 Å². The van der Waals surface area contributed by atoms with Crippen molar-refractivity contribution in [2.75, 3.05) is 12.3 Å². The summed E-state index contributed by atoms with van der Waals surface area (Å²) in [7, 11) is -3.31. The summed E-state index contributed by atoms with van der Waals surface area (Å²) in [5.74, 6) is 0.0359. The number of hydrogen-bond acceptors (Lipinski definition) is 5. The molecule has 116 valence electrons. The van der Waals surface area contributed by atoms with Crippen LogP contribution in [0.5, 0.6) is 0 Å². The molecule has 6 nitrogen and oxygen atoms in total. The molecule has 4 N–H and O–H groups in total. The van der Waals surface area contributed by atoms with Crippen LogP contribution in [0.25, 0.3) is 0 Å². The van der Waals surface area contributed by atoms with Gasteiger partial charge in [-0.15, -0.1) is 0 Å². The van der Waals surface area contributed by atoms with Gasteiger partial charge in [0.2, 0.25) is 0 Å². The molecule has 21 heavy (non-hydrogen) atoms. The number of hydrogen-bond donors (Lipinski definition) is 3. The van der Waals surface area contributed by atoms with Gasteiger partial charge in [0.05, 0.1) is 10.6 Å². The van der Waals surface area contributed by atoms with Crippen molar-refractivity contribution < 1.29 is 13.6 Å². The van der Waals surface area contributed by atoms with E-state index in [9.17, 15) is 8.42 Å². The zero-order chi connectivity index (χ0) is 15.3. The highest BCUT2D eigenvalue weighted by atomic mass is 32.2. The van der Waals surface area contributed by atoms with Crippen molar-refractivity contribution in [2.45, 2.75) is 36.6 Å². The molecule has 2 rings (SSSR count). The number of nitrogens with one attached hydrogen (secondary N) is 1. The Morgan fingerprint density at radius 3 is 2.48 bits per heavy atom. The van der Waals surface area contributed by atoms with Gasteiger partial charge >= 0.3 is 0 Å². The Bertz CT molecular complexity index is 590. The van der Waals surface area contributed by atoms with E-state index >= 15 is 0 Å². The summed E-state index contributed by atoms with van der Waals surface area (Å²) in [6.07, 6.45) is 4.71. The molecule has 0 spiro atoms. The van der Waals surface area contributed by atoms with Crippen LogP contribution in [0.1, 0.15) is 31.2 Å². The van der Waals surface area contributed by atoms with Crippen LogP contribution in [-0.2, 0) is 9.84 Å². The summed E-state index contributed by atoms with van der Waals surface area (Å²) >= 11 is 0. The molecular weight excluding hydrogens is 290 g/mol. The molecule has 7 heteroatoms. The first-order chi connectivity index (χ1) is 10.0. The second-order valence-corrected chi connectivity index (χ2v) is 7.37. The number of sulfone groups is 1. The van der Waals surface area contributed by atoms with Crippen LogP contribution in [0.4, 0.5) is 0 Å². The molecular formula is C14H21N3O3S. The van der Waals surface area contributed by atoms with Crippen LogP contribution in [0.3, 0.4) is 0 Å². The largest absolute Gasteiger partial charge is 0.409 e. The third-order valence-electron chi connectivity index (χ3n) is 3.78. The molecule has 0 unspecified atom stereocenters. The summed E-state index contributed by atoms with van der Waals surface area (Å²) in [6, 6.07) is 6.50. The third kappa shape index (κ3) is 4.18. The first kappa shape index (κ1) is 15.8. The Morgan fingerprint density at radius 2 is 1.90 bits per heavy atom.